The topological polar surface area (TPSA) is 56.1 Å². The fraction of sp³-hybridized carbons (Fsp3) is 0.778. The summed E-state index contributed by atoms with van der Waals surface area (Å²) in [6.07, 6.45) is 2.56. The van der Waals surface area contributed by atoms with Crippen molar-refractivity contribution < 1.29 is 4.79 Å². The van der Waals surface area contributed by atoms with Gasteiger partial charge in [-0.2, -0.15) is 5.26 Å². The zero-order valence-corrected chi connectivity index (χ0v) is 8.08. The van der Waals surface area contributed by atoms with Gasteiger partial charge in [0.25, 0.3) is 0 Å². The quantitative estimate of drug-likeness (QED) is 0.708. The van der Waals surface area contributed by atoms with Crippen LogP contribution < -0.4 is 5.32 Å². The van der Waals surface area contributed by atoms with Crippen molar-refractivity contribution in [2.24, 2.45) is 0 Å². The number of urea groups is 1. The van der Waals surface area contributed by atoms with Gasteiger partial charge in [0.2, 0.25) is 0 Å². The molecule has 0 heterocycles. The maximum absolute atomic E-state index is 11.4. The van der Waals surface area contributed by atoms with Gasteiger partial charge in [0.05, 0.1) is 12.5 Å². The highest BCUT2D eigenvalue weighted by atomic mass is 16.2. The van der Waals surface area contributed by atoms with Gasteiger partial charge in [-0.25, -0.2) is 4.79 Å². The molecular formula is C9H15N3O. The highest BCUT2D eigenvalue weighted by Crippen LogP contribution is 2.19. The van der Waals surface area contributed by atoms with E-state index in [2.05, 4.69) is 11.4 Å². The van der Waals surface area contributed by atoms with Gasteiger partial charge in [-0.05, 0) is 19.8 Å². The molecule has 1 atom stereocenters. The van der Waals surface area contributed by atoms with E-state index in [1.807, 2.05) is 6.92 Å². The molecule has 0 bridgehead atoms. The van der Waals surface area contributed by atoms with E-state index >= 15 is 0 Å². The number of carbonyl (C=O) groups is 1. The third-order valence-electron chi connectivity index (χ3n) is 2.27. The van der Waals surface area contributed by atoms with Gasteiger partial charge < -0.3 is 10.2 Å². The first-order chi connectivity index (χ1) is 6.15. The summed E-state index contributed by atoms with van der Waals surface area (Å²) in [7, 11) is 1.72. The molecule has 1 N–H and O–H groups in total. The van der Waals surface area contributed by atoms with Crippen LogP contribution in [0.25, 0.3) is 0 Å². The van der Waals surface area contributed by atoms with Crippen molar-refractivity contribution in [3.05, 3.63) is 0 Å². The molecule has 4 heteroatoms. The van der Waals surface area contributed by atoms with Crippen molar-refractivity contribution in [1.82, 2.24) is 10.2 Å². The molecule has 1 unspecified atom stereocenters. The number of hydrogen-bond donors (Lipinski definition) is 1. The Morgan fingerprint density at radius 2 is 2.38 bits per heavy atom. The Hall–Kier alpha value is -1.24. The van der Waals surface area contributed by atoms with Crippen molar-refractivity contribution in [2.45, 2.75) is 38.3 Å². The van der Waals surface area contributed by atoms with Gasteiger partial charge in [0.15, 0.2) is 0 Å². The standard InChI is InChI=1S/C9H15N3O/c1-7(5-6-10)12(2)9(13)11-8-3-4-8/h7-8H,3-5H2,1-2H3,(H,11,13). The van der Waals surface area contributed by atoms with Gasteiger partial charge >= 0.3 is 6.03 Å². The first kappa shape index (κ1) is 9.85. The average molecular weight is 181 g/mol. The van der Waals surface area contributed by atoms with Crippen LogP contribution in [-0.2, 0) is 0 Å². The molecule has 0 radical (unpaired) electrons. The van der Waals surface area contributed by atoms with E-state index in [9.17, 15) is 4.79 Å². The lowest BCUT2D eigenvalue weighted by Crippen LogP contribution is -2.43. The monoisotopic (exact) mass is 181 g/mol. The Bertz CT molecular complexity index is 230. The largest absolute Gasteiger partial charge is 0.335 e. The molecule has 0 saturated heterocycles. The van der Waals surface area contributed by atoms with E-state index < -0.39 is 0 Å². The van der Waals surface area contributed by atoms with E-state index in [0.29, 0.717) is 12.5 Å². The van der Waals surface area contributed by atoms with Gasteiger partial charge in [-0.15, -0.1) is 0 Å². The zero-order chi connectivity index (χ0) is 9.84. The van der Waals surface area contributed by atoms with Crippen LogP contribution in [0, 0.1) is 11.3 Å². The van der Waals surface area contributed by atoms with Crippen molar-refractivity contribution in [3.63, 3.8) is 0 Å². The lowest BCUT2D eigenvalue weighted by atomic mass is 10.2. The third-order valence-corrected chi connectivity index (χ3v) is 2.27. The summed E-state index contributed by atoms with van der Waals surface area (Å²) in [5.41, 5.74) is 0. The van der Waals surface area contributed by atoms with E-state index in [1.165, 1.54) is 0 Å². The Kier molecular flexibility index (Phi) is 3.13. The maximum Gasteiger partial charge on any atom is 0.317 e. The van der Waals surface area contributed by atoms with Crippen molar-refractivity contribution in [3.8, 4) is 6.07 Å². The van der Waals surface area contributed by atoms with Crippen LogP contribution >= 0.6 is 0 Å². The fourth-order valence-corrected chi connectivity index (χ4v) is 0.973. The lowest BCUT2D eigenvalue weighted by molar-refractivity contribution is 0.194. The molecule has 1 fully saturated rings. The molecule has 0 aliphatic heterocycles. The SMILES string of the molecule is CC(CC#N)N(C)C(=O)NC1CC1. The molecule has 13 heavy (non-hydrogen) atoms. The summed E-state index contributed by atoms with van der Waals surface area (Å²) in [4.78, 5) is 13.0. The Morgan fingerprint density at radius 1 is 1.77 bits per heavy atom. The number of carbonyl (C=O) groups excluding carboxylic acids is 1. The van der Waals surface area contributed by atoms with Crippen LogP contribution in [0.3, 0.4) is 0 Å². The predicted octanol–water partition coefficient (Wildman–Crippen LogP) is 1.09. The molecule has 4 nitrogen and oxygen atoms in total. The fourth-order valence-electron chi connectivity index (χ4n) is 0.973. The summed E-state index contributed by atoms with van der Waals surface area (Å²) in [6.45, 7) is 1.87. The minimum Gasteiger partial charge on any atom is -0.335 e. The molecule has 1 aliphatic carbocycles. The Balaban J connectivity index is 2.31. The average Bonchev–Trinajstić information content (AvgIpc) is 2.87. The summed E-state index contributed by atoms with van der Waals surface area (Å²) < 4.78 is 0. The van der Waals surface area contributed by atoms with E-state index in [-0.39, 0.29) is 12.1 Å². The molecule has 1 rings (SSSR count). The highest BCUT2D eigenvalue weighted by Gasteiger charge is 2.25. The second-order valence-electron chi connectivity index (χ2n) is 3.55. The van der Waals surface area contributed by atoms with Crippen molar-refractivity contribution in [1.29, 1.82) is 5.26 Å². The smallest absolute Gasteiger partial charge is 0.317 e. The molecule has 0 aromatic carbocycles. The number of nitrogens with zero attached hydrogens (tertiary/aromatic N) is 2. The Labute approximate surface area is 78.5 Å². The van der Waals surface area contributed by atoms with Gasteiger partial charge in [-0.1, -0.05) is 0 Å². The first-order valence-electron chi connectivity index (χ1n) is 4.55. The van der Waals surface area contributed by atoms with Crippen LogP contribution in [0.15, 0.2) is 0 Å². The van der Waals surface area contributed by atoms with Crippen LogP contribution in [0.1, 0.15) is 26.2 Å². The summed E-state index contributed by atoms with van der Waals surface area (Å²) in [5.74, 6) is 0. The molecule has 2 amide bonds. The normalized spacial score (nSPS) is 17.3. The van der Waals surface area contributed by atoms with Gasteiger partial charge in [0.1, 0.15) is 0 Å². The summed E-state index contributed by atoms with van der Waals surface area (Å²) in [5, 5.41) is 11.3. The highest BCUT2D eigenvalue weighted by molar-refractivity contribution is 5.74. The third kappa shape index (κ3) is 2.94. The zero-order valence-electron chi connectivity index (χ0n) is 8.08. The van der Waals surface area contributed by atoms with E-state index in [1.54, 1.807) is 11.9 Å². The number of amides is 2. The number of nitrogens with one attached hydrogen (secondary N) is 1. The molecule has 0 aromatic heterocycles. The van der Waals surface area contributed by atoms with Crippen LogP contribution in [0.4, 0.5) is 4.79 Å². The molecule has 0 aromatic rings. The minimum absolute atomic E-state index is 0.0104. The van der Waals surface area contributed by atoms with Gasteiger partial charge in [-0.3, -0.25) is 0 Å². The maximum atomic E-state index is 11.4. The number of rotatable bonds is 3. The second kappa shape index (κ2) is 4.13. The molecule has 72 valence electrons. The van der Waals surface area contributed by atoms with Crippen LogP contribution in [0.2, 0.25) is 0 Å². The van der Waals surface area contributed by atoms with E-state index in [0.717, 1.165) is 12.8 Å². The summed E-state index contributed by atoms with van der Waals surface area (Å²) >= 11 is 0. The van der Waals surface area contributed by atoms with E-state index in [4.69, 9.17) is 5.26 Å². The Morgan fingerprint density at radius 3 is 2.85 bits per heavy atom. The lowest BCUT2D eigenvalue weighted by Gasteiger charge is -2.23. The first-order valence-corrected chi connectivity index (χ1v) is 4.55. The van der Waals surface area contributed by atoms with Crippen molar-refractivity contribution in [2.75, 3.05) is 7.05 Å². The van der Waals surface area contributed by atoms with Crippen LogP contribution in [0.5, 0.6) is 0 Å². The summed E-state index contributed by atoms with van der Waals surface area (Å²) in [6, 6.07) is 2.35. The van der Waals surface area contributed by atoms with Crippen LogP contribution in [-0.4, -0.2) is 30.1 Å². The van der Waals surface area contributed by atoms with Gasteiger partial charge in [0, 0.05) is 19.1 Å². The van der Waals surface area contributed by atoms with Crippen molar-refractivity contribution >= 4 is 6.03 Å². The number of nitriles is 1. The minimum atomic E-state index is -0.0646. The molecular weight excluding hydrogens is 166 g/mol. The molecule has 1 aliphatic rings. The molecule has 1 saturated carbocycles. The number of hydrogen-bond acceptors (Lipinski definition) is 2. The predicted molar refractivity (Wildman–Crippen MR) is 49.0 cm³/mol. The molecule has 0 spiro atoms. The second-order valence-corrected chi connectivity index (χ2v) is 3.55.